The van der Waals surface area contributed by atoms with Crippen LogP contribution in [0, 0.1) is 0 Å². The van der Waals surface area contributed by atoms with E-state index in [4.69, 9.17) is 5.11 Å². The highest BCUT2D eigenvalue weighted by Crippen LogP contribution is 2.18. The van der Waals surface area contributed by atoms with Gasteiger partial charge in [0.05, 0.1) is 11.9 Å². The fraction of sp³-hybridized carbons (Fsp3) is 0.357. The molecule has 1 aliphatic heterocycles. The fourth-order valence-electron chi connectivity index (χ4n) is 2.48. The smallest absolute Gasteiger partial charge is 0.354 e. The number of aromatic carboxylic acids is 1. The number of hydrogen-bond acceptors (Lipinski definition) is 5. The number of hydrogen-bond donors (Lipinski definition) is 1. The van der Waals surface area contributed by atoms with E-state index < -0.39 is 5.97 Å². The van der Waals surface area contributed by atoms with Gasteiger partial charge in [-0.1, -0.05) is 6.07 Å². The fourth-order valence-corrected chi connectivity index (χ4v) is 2.48. The van der Waals surface area contributed by atoms with Crippen molar-refractivity contribution in [1.29, 1.82) is 0 Å². The normalized spacial score (nSPS) is 15.3. The van der Waals surface area contributed by atoms with Crippen LogP contribution >= 0.6 is 0 Å². The van der Waals surface area contributed by atoms with E-state index in [1.165, 1.54) is 6.07 Å². The molecule has 0 atom stereocenters. The molecular weight excluding hydrogens is 270 g/mol. The lowest BCUT2D eigenvalue weighted by molar-refractivity contribution is 0.0690. The molecule has 1 fully saturated rings. The molecule has 0 spiro atoms. The molecule has 0 radical (unpaired) electrons. The first-order valence-corrected chi connectivity index (χ1v) is 6.82. The summed E-state index contributed by atoms with van der Waals surface area (Å²) in [6.07, 6.45) is 3.86. The summed E-state index contributed by atoms with van der Waals surface area (Å²) in [6.45, 7) is 3.35. The van der Waals surface area contributed by atoms with Crippen LogP contribution in [0.2, 0.25) is 0 Å². The third-order valence-electron chi connectivity index (χ3n) is 3.61. The first kappa shape index (κ1) is 13.4. The monoisotopic (exact) mass is 287 g/mol. The molecule has 7 nitrogen and oxygen atoms in total. The summed E-state index contributed by atoms with van der Waals surface area (Å²) in [4.78, 5) is 19.5. The van der Waals surface area contributed by atoms with E-state index in [0.717, 1.165) is 37.7 Å². The summed E-state index contributed by atoms with van der Waals surface area (Å²) in [6, 6.07) is 5.10. The number of carboxylic acids is 1. The maximum atomic E-state index is 11.0. The molecule has 0 unspecified atom stereocenters. The van der Waals surface area contributed by atoms with Gasteiger partial charge in [-0.3, -0.25) is 4.68 Å². The highest BCUT2D eigenvalue weighted by atomic mass is 16.4. The molecule has 21 heavy (non-hydrogen) atoms. The number of pyridine rings is 1. The van der Waals surface area contributed by atoms with E-state index in [9.17, 15) is 4.79 Å². The van der Waals surface area contributed by atoms with Gasteiger partial charge in [0.2, 0.25) is 0 Å². The molecule has 1 aliphatic rings. The van der Waals surface area contributed by atoms with Gasteiger partial charge in [0.1, 0.15) is 5.82 Å². The lowest BCUT2D eigenvalue weighted by Crippen LogP contribution is -2.46. The Morgan fingerprint density at radius 2 is 1.90 bits per heavy atom. The van der Waals surface area contributed by atoms with Crippen molar-refractivity contribution in [2.75, 3.05) is 36.0 Å². The van der Waals surface area contributed by atoms with Crippen LogP contribution in [0.25, 0.3) is 0 Å². The third kappa shape index (κ3) is 2.81. The summed E-state index contributed by atoms with van der Waals surface area (Å²) in [5, 5.41) is 13.2. The van der Waals surface area contributed by atoms with Gasteiger partial charge in [-0.15, -0.1) is 0 Å². The Bertz CT molecular complexity index is 646. The number of aromatic nitrogens is 3. The minimum Gasteiger partial charge on any atom is -0.477 e. The predicted molar refractivity (Wildman–Crippen MR) is 78.8 cm³/mol. The Hall–Kier alpha value is -2.57. The number of aryl methyl sites for hydroxylation is 1. The molecule has 0 saturated carbocycles. The Kier molecular flexibility index (Phi) is 3.47. The second-order valence-electron chi connectivity index (χ2n) is 5.03. The first-order chi connectivity index (χ1) is 10.1. The van der Waals surface area contributed by atoms with Crippen molar-refractivity contribution in [3.63, 3.8) is 0 Å². The molecule has 0 aromatic carbocycles. The zero-order valence-electron chi connectivity index (χ0n) is 11.8. The van der Waals surface area contributed by atoms with Crippen LogP contribution in [-0.4, -0.2) is 52.0 Å². The number of piperazine rings is 1. The molecule has 110 valence electrons. The summed E-state index contributed by atoms with van der Waals surface area (Å²) in [5.74, 6) is -0.272. The van der Waals surface area contributed by atoms with E-state index >= 15 is 0 Å². The van der Waals surface area contributed by atoms with Crippen LogP contribution < -0.4 is 9.80 Å². The van der Waals surface area contributed by atoms with Gasteiger partial charge < -0.3 is 14.9 Å². The standard InChI is InChI=1S/C14H17N5O2/c1-17-10-11(9-15-17)18-5-7-19(8-6-18)13-4-2-3-12(16-13)14(20)21/h2-4,9-10H,5-8H2,1H3,(H,20,21). The predicted octanol–water partition coefficient (Wildman–Crippen LogP) is 0.840. The zero-order valence-corrected chi connectivity index (χ0v) is 11.8. The van der Waals surface area contributed by atoms with Crippen molar-refractivity contribution in [2.45, 2.75) is 0 Å². The molecule has 0 amide bonds. The second-order valence-corrected chi connectivity index (χ2v) is 5.03. The number of nitrogens with zero attached hydrogens (tertiary/aromatic N) is 5. The van der Waals surface area contributed by atoms with Gasteiger partial charge in [-0.05, 0) is 12.1 Å². The summed E-state index contributed by atoms with van der Waals surface area (Å²) >= 11 is 0. The maximum absolute atomic E-state index is 11.0. The van der Waals surface area contributed by atoms with E-state index in [1.807, 2.05) is 25.5 Å². The van der Waals surface area contributed by atoms with Gasteiger partial charge in [-0.25, -0.2) is 9.78 Å². The van der Waals surface area contributed by atoms with Gasteiger partial charge in [0.15, 0.2) is 5.69 Å². The molecule has 2 aromatic heterocycles. The van der Waals surface area contributed by atoms with Crippen LogP contribution in [-0.2, 0) is 7.05 Å². The van der Waals surface area contributed by atoms with Gasteiger partial charge in [0, 0.05) is 39.4 Å². The molecular formula is C14H17N5O2. The van der Waals surface area contributed by atoms with Crippen molar-refractivity contribution in [2.24, 2.45) is 7.05 Å². The van der Waals surface area contributed by atoms with E-state index in [-0.39, 0.29) is 5.69 Å². The number of anilines is 2. The average Bonchev–Trinajstić information content (AvgIpc) is 2.94. The maximum Gasteiger partial charge on any atom is 0.354 e. The van der Waals surface area contributed by atoms with Crippen LogP contribution in [0.5, 0.6) is 0 Å². The highest BCUT2D eigenvalue weighted by Gasteiger charge is 2.19. The molecule has 2 aromatic rings. The molecule has 1 saturated heterocycles. The second kappa shape index (κ2) is 5.43. The topological polar surface area (TPSA) is 74.5 Å². The van der Waals surface area contributed by atoms with Gasteiger partial charge >= 0.3 is 5.97 Å². The number of rotatable bonds is 3. The van der Waals surface area contributed by atoms with Crippen molar-refractivity contribution >= 4 is 17.5 Å². The number of carbonyl (C=O) groups is 1. The van der Waals surface area contributed by atoms with E-state index in [1.54, 1.807) is 10.7 Å². The Labute approximate surface area is 122 Å². The minimum absolute atomic E-state index is 0.0854. The lowest BCUT2D eigenvalue weighted by Gasteiger charge is -2.36. The third-order valence-corrected chi connectivity index (χ3v) is 3.61. The summed E-state index contributed by atoms with van der Waals surface area (Å²) < 4.78 is 1.79. The molecule has 1 N–H and O–H groups in total. The van der Waals surface area contributed by atoms with Crippen LogP contribution in [0.4, 0.5) is 11.5 Å². The van der Waals surface area contributed by atoms with Gasteiger partial charge in [-0.2, -0.15) is 5.10 Å². The van der Waals surface area contributed by atoms with Crippen molar-refractivity contribution < 1.29 is 9.90 Å². The van der Waals surface area contributed by atoms with Crippen LogP contribution in [0.15, 0.2) is 30.6 Å². The van der Waals surface area contributed by atoms with Crippen LogP contribution in [0.1, 0.15) is 10.5 Å². The molecule has 0 bridgehead atoms. The van der Waals surface area contributed by atoms with Crippen molar-refractivity contribution in [1.82, 2.24) is 14.8 Å². The quantitative estimate of drug-likeness (QED) is 0.901. The van der Waals surface area contributed by atoms with Crippen LogP contribution in [0.3, 0.4) is 0 Å². The minimum atomic E-state index is -0.995. The lowest BCUT2D eigenvalue weighted by atomic mass is 10.2. The zero-order chi connectivity index (χ0) is 14.8. The Morgan fingerprint density at radius 1 is 1.19 bits per heavy atom. The van der Waals surface area contributed by atoms with Gasteiger partial charge in [0.25, 0.3) is 0 Å². The Morgan fingerprint density at radius 3 is 2.52 bits per heavy atom. The molecule has 3 rings (SSSR count). The van der Waals surface area contributed by atoms with Crippen molar-refractivity contribution in [3.8, 4) is 0 Å². The molecule has 0 aliphatic carbocycles. The summed E-state index contributed by atoms with van der Waals surface area (Å²) in [7, 11) is 1.90. The van der Waals surface area contributed by atoms with E-state index in [2.05, 4.69) is 19.9 Å². The largest absolute Gasteiger partial charge is 0.477 e. The molecule has 3 heterocycles. The average molecular weight is 287 g/mol. The SMILES string of the molecule is Cn1cc(N2CCN(c3cccc(C(=O)O)n3)CC2)cn1. The Balaban J connectivity index is 1.68. The first-order valence-electron chi connectivity index (χ1n) is 6.82. The molecule has 7 heteroatoms. The van der Waals surface area contributed by atoms with Crippen molar-refractivity contribution in [3.05, 3.63) is 36.3 Å². The summed E-state index contributed by atoms with van der Waals surface area (Å²) in [5.41, 5.74) is 1.20. The number of carboxylic acid groups (broad SMARTS) is 1. The highest BCUT2D eigenvalue weighted by molar-refractivity contribution is 5.85. The van der Waals surface area contributed by atoms with E-state index in [0.29, 0.717) is 0 Å².